The van der Waals surface area contributed by atoms with E-state index in [9.17, 15) is 4.79 Å². The lowest BCUT2D eigenvalue weighted by Crippen LogP contribution is -2.48. The minimum Gasteiger partial charge on any atom is -0.357 e. The van der Waals surface area contributed by atoms with Crippen LogP contribution < -0.4 is 10.6 Å². The number of carbonyl (C=O) groups is 1. The summed E-state index contributed by atoms with van der Waals surface area (Å²) in [7, 11) is 1.89. The maximum absolute atomic E-state index is 12.2. The molecule has 0 radical (unpaired) electrons. The average molecular weight is 496 g/mol. The first-order chi connectivity index (χ1) is 12.8. The van der Waals surface area contributed by atoms with Gasteiger partial charge in [0.25, 0.3) is 0 Å². The zero-order chi connectivity index (χ0) is 19.9. The summed E-state index contributed by atoms with van der Waals surface area (Å²) in [4.78, 5) is 18.8. The van der Waals surface area contributed by atoms with Gasteiger partial charge >= 0.3 is 0 Å². The molecule has 0 unspecified atom stereocenters. The van der Waals surface area contributed by atoms with E-state index < -0.39 is 0 Å². The number of aliphatic imine (C=N–C) groups is 1. The normalized spacial score (nSPS) is 11.7. The summed E-state index contributed by atoms with van der Waals surface area (Å²) in [6.07, 6.45) is 0.859. The fraction of sp³-hybridized carbons (Fsp3) is 0.455. The van der Waals surface area contributed by atoms with E-state index in [0.29, 0.717) is 6.54 Å². The molecule has 154 valence electrons. The number of amides is 1. The number of carbonyl (C=O) groups excluding carboxylic acids is 1. The molecule has 0 saturated heterocycles. The van der Waals surface area contributed by atoms with E-state index in [4.69, 9.17) is 4.99 Å². The van der Waals surface area contributed by atoms with Crippen molar-refractivity contribution in [2.45, 2.75) is 39.7 Å². The van der Waals surface area contributed by atoms with Crippen molar-refractivity contribution in [3.05, 3.63) is 48.0 Å². The van der Waals surface area contributed by atoms with E-state index >= 15 is 0 Å². The van der Waals surface area contributed by atoms with E-state index in [0.717, 1.165) is 18.9 Å². The van der Waals surface area contributed by atoms with E-state index in [2.05, 4.69) is 53.1 Å². The Morgan fingerprint density at radius 1 is 1.11 bits per heavy atom. The van der Waals surface area contributed by atoms with Gasteiger partial charge in [-0.2, -0.15) is 0 Å². The molecular formula is C22H33IN4O. The summed E-state index contributed by atoms with van der Waals surface area (Å²) < 4.78 is 0. The van der Waals surface area contributed by atoms with Crippen molar-refractivity contribution in [1.29, 1.82) is 0 Å². The topological polar surface area (TPSA) is 56.7 Å². The molecule has 0 aromatic heterocycles. The summed E-state index contributed by atoms with van der Waals surface area (Å²) in [6.45, 7) is 9.68. The Morgan fingerprint density at radius 3 is 2.46 bits per heavy atom. The lowest BCUT2D eigenvalue weighted by Gasteiger charge is -2.25. The van der Waals surface area contributed by atoms with E-state index in [1.165, 1.54) is 16.3 Å². The van der Waals surface area contributed by atoms with Gasteiger partial charge in [-0.05, 0) is 50.5 Å². The molecule has 0 bridgehead atoms. The number of nitrogens with zero attached hydrogens (tertiary/aromatic N) is 2. The number of likely N-dealkylation sites (N-methyl/N-ethyl adjacent to an activating group) is 1. The van der Waals surface area contributed by atoms with Crippen LogP contribution in [0.5, 0.6) is 0 Å². The van der Waals surface area contributed by atoms with Crippen LogP contribution in [0.15, 0.2) is 47.5 Å². The lowest BCUT2D eigenvalue weighted by atomic mass is 10.0. The molecule has 0 fully saturated rings. The number of hydrogen-bond donors (Lipinski definition) is 2. The van der Waals surface area contributed by atoms with Gasteiger partial charge in [-0.1, -0.05) is 42.5 Å². The Kier molecular flexibility index (Phi) is 9.72. The summed E-state index contributed by atoms with van der Waals surface area (Å²) in [5.74, 6) is 0.742. The molecule has 0 aliphatic rings. The van der Waals surface area contributed by atoms with Crippen LogP contribution in [0.4, 0.5) is 0 Å². The van der Waals surface area contributed by atoms with Gasteiger partial charge in [0.2, 0.25) is 5.91 Å². The van der Waals surface area contributed by atoms with Crippen LogP contribution in [0.25, 0.3) is 10.8 Å². The van der Waals surface area contributed by atoms with E-state index in [-0.39, 0.29) is 42.0 Å². The van der Waals surface area contributed by atoms with Crippen LogP contribution in [0.2, 0.25) is 0 Å². The minimum absolute atomic E-state index is 0. The van der Waals surface area contributed by atoms with Gasteiger partial charge in [0, 0.05) is 25.7 Å². The lowest BCUT2D eigenvalue weighted by molar-refractivity contribution is -0.122. The molecular weight excluding hydrogens is 463 g/mol. The smallest absolute Gasteiger partial charge is 0.240 e. The standard InChI is InChI=1S/C22H32N4O.HI/c1-6-23-21(26(5)16-20(27)25-22(2,3)4)24-15-14-18-12-9-11-17-10-7-8-13-19(17)18;/h7-13H,6,14-16H2,1-5H3,(H,23,24)(H,25,27);1H. The Bertz CT molecular complexity index is 793. The fourth-order valence-corrected chi connectivity index (χ4v) is 3.01. The Morgan fingerprint density at radius 2 is 1.79 bits per heavy atom. The van der Waals surface area contributed by atoms with Crippen molar-refractivity contribution in [3.63, 3.8) is 0 Å². The number of benzene rings is 2. The zero-order valence-electron chi connectivity index (χ0n) is 17.6. The molecule has 0 aliphatic carbocycles. The second-order valence-electron chi connectivity index (χ2n) is 7.78. The van der Waals surface area contributed by atoms with Gasteiger partial charge in [-0.15, -0.1) is 24.0 Å². The number of rotatable bonds is 6. The monoisotopic (exact) mass is 496 g/mol. The third-order valence-electron chi connectivity index (χ3n) is 4.11. The number of hydrogen-bond acceptors (Lipinski definition) is 2. The maximum Gasteiger partial charge on any atom is 0.240 e. The molecule has 0 heterocycles. The summed E-state index contributed by atoms with van der Waals surface area (Å²) in [5, 5.41) is 8.78. The summed E-state index contributed by atoms with van der Waals surface area (Å²) >= 11 is 0. The summed E-state index contributed by atoms with van der Waals surface area (Å²) in [5.41, 5.74) is 1.06. The molecule has 28 heavy (non-hydrogen) atoms. The van der Waals surface area contributed by atoms with Gasteiger partial charge in [0.15, 0.2) is 5.96 Å². The highest BCUT2D eigenvalue weighted by Crippen LogP contribution is 2.18. The highest BCUT2D eigenvalue weighted by Gasteiger charge is 2.16. The van der Waals surface area contributed by atoms with Gasteiger partial charge in [-0.25, -0.2) is 0 Å². The number of guanidine groups is 1. The molecule has 0 atom stereocenters. The fourth-order valence-electron chi connectivity index (χ4n) is 3.01. The van der Waals surface area contributed by atoms with Gasteiger partial charge < -0.3 is 15.5 Å². The first kappa shape index (κ1) is 24.2. The van der Waals surface area contributed by atoms with Crippen molar-refractivity contribution in [2.75, 3.05) is 26.7 Å². The summed E-state index contributed by atoms with van der Waals surface area (Å²) in [6, 6.07) is 14.8. The third kappa shape index (κ3) is 7.66. The molecule has 5 nitrogen and oxygen atoms in total. The molecule has 2 N–H and O–H groups in total. The van der Waals surface area contributed by atoms with Crippen LogP contribution in [0, 0.1) is 0 Å². The quantitative estimate of drug-likeness (QED) is 0.364. The van der Waals surface area contributed by atoms with E-state index in [1.807, 2.05) is 39.6 Å². The van der Waals surface area contributed by atoms with Gasteiger partial charge in [-0.3, -0.25) is 9.79 Å². The third-order valence-corrected chi connectivity index (χ3v) is 4.11. The molecule has 0 spiro atoms. The van der Waals surface area contributed by atoms with Crippen molar-refractivity contribution < 1.29 is 4.79 Å². The average Bonchev–Trinajstić information content (AvgIpc) is 2.59. The molecule has 2 rings (SSSR count). The molecule has 2 aromatic carbocycles. The SMILES string of the molecule is CCNC(=NCCc1cccc2ccccc12)N(C)CC(=O)NC(C)(C)C.I. The van der Waals surface area contributed by atoms with Crippen LogP contribution in [0.1, 0.15) is 33.3 Å². The van der Waals surface area contributed by atoms with E-state index in [1.54, 1.807) is 0 Å². The van der Waals surface area contributed by atoms with Crippen LogP contribution >= 0.6 is 24.0 Å². The maximum atomic E-state index is 12.2. The largest absolute Gasteiger partial charge is 0.357 e. The number of halogens is 1. The predicted octanol–water partition coefficient (Wildman–Crippen LogP) is 3.81. The van der Waals surface area contributed by atoms with Crippen LogP contribution in [0.3, 0.4) is 0 Å². The Balaban J connectivity index is 0.00000392. The second kappa shape index (κ2) is 11.2. The number of nitrogens with one attached hydrogen (secondary N) is 2. The first-order valence-electron chi connectivity index (χ1n) is 9.57. The Labute approximate surface area is 186 Å². The van der Waals surface area contributed by atoms with Gasteiger partial charge in [0.1, 0.15) is 0 Å². The molecule has 1 amide bonds. The van der Waals surface area contributed by atoms with Crippen molar-refractivity contribution in [3.8, 4) is 0 Å². The van der Waals surface area contributed by atoms with Crippen LogP contribution in [-0.2, 0) is 11.2 Å². The molecule has 0 aliphatic heterocycles. The minimum atomic E-state index is -0.234. The molecule has 6 heteroatoms. The van der Waals surface area contributed by atoms with Gasteiger partial charge in [0.05, 0.1) is 6.54 Å². The second-order valence-corrected chi connectivity index (χ2v) is 7.78. The Hall–Kier alpha value is -1.83. The van der Waals surface area contributed by atoms with Crippen molar-refractivity contribution in [1.82, 2.24) is 15.5 Å². The van der Waals surface area contributed by atoms with Crippen molar-refractivity contribution >= 4 is 46.6 Å². The molecule has 2 aromatic rings. The predicted molar refractivity (Wildman–Crippen MR) is 130 cm³/mol. The zero-order valence-corrected chi connectivity index (χ0v) is 19.9. The first-order valence-corrected chi connectivity index (χ1v) is 9.57. The highest BCUT2D eigenvalue weighted by molar-refractivity contribution is 14.0. The number of fused-ring (bicyclic) bond motifs is 1. The molecule has 0 saturated carbocycles. The van der Waals surface area contributed by atoms with Crippen LogP contribution in [-0.4, -0.2) is 49.0 Å². The van der Waals surface area contributed by atoms with Crippen molar-refractivity contribution in [2.24, 2.45) is 4.99 Å². The highest BCUT2D eigenvalue weighted by atomic mass is 127.